The van der Waals surface area contributed by atoms with E-state index in [1.807, 2.05) is 13.0 Å². The van der Waals surface area contributed by atoms with Crippen molar-refractivity contribution in [1.29, 1.82) is 5.26 Å². The molecule has 0 aliphatic carbocycles. The summed E-state index contributed by atoms with van der Waals surface area (Å²) in [5.74, 6) is -1.24. The van der Waals surface area contributed by atoms with Crippen molar-refractivity contribution in [1.82, 2.24) is 10.6 Å². The molecular weight excluding hydrogens is 456 g/mol. The molecule has 0 unspecified atom stereocenters. The molecule has 0 spiro atoms. The molecule has 2 N–H and O–H groups in total. The summed E-state index contributed by atoms with van der Waals surface area (Å²) in [4.78, 5) is 4.18. The lowest BCUT2D eigenvalue weighted by molar-refractivity contribution is 0.585. The predicted molar refractivity (Wildman–Crippen MR) is 105 cm³/mol. The molecule has 0 amide bonds. The summed E-state index contributed by atoms with van der Waals surface area (Å²) in [5, 5.41) is 14.6. The molecule has 0 heterocycles. The van der Waals surface area contributed by atoms with Gasteiger partial charge in [-0.1, -0.05) is 6.07 Å². The highest BCUT2D eigenvalue weighted by Gasteiger charge is 2.07. The highest BCUT2D eigenvalue weighted by atomic mass is 127. The molecule has 2 aromatic carbocycles. The maximum atomic E-state index is 13.9. The summed E-state index contributed by atoms with van der Waals surface area (Å²) in [7, 11) is 0. The van der Waals surface area contributed by atoms with Crippen LogP contribution < -0.4 is 10.6 Å². The van der Waals surface area contributed by atoms with E-state index < -0.39 is 17.5 Å². The van der Waals surface area contributed by atoms with E-state index >= 15 is 0 Å². The molecule has 8 heteroatoms. The minimum absolute atomic E-state index is 0. The predicted octanol–water partition coefficient (Wildman–Crippen LogP) is 3.85. The maximum absolute atomic E-state index is 13.9. The number of hydrogen-bond acceptors (Lipinski definition) is 2. The number of benzene rings is 2. The molecule has 0 bridgehead atoms. The molecule has 0 aliphatic heterocycles. The molecule has 0 radical (unpaired) electrons. The average molecular weight is 474 g/mol. The van der Waals surface area contributed by atoms with Gasteiger partial charge in [0.25, 0.3) is 0 Å². The lowest BCUT2D eigenvalue weighted by Crippen LogP contribution is -2.37. The van der Waals surface area contributed by atoms with Crippen LogP contribution in [-0.2, 0) is 13.1 Å². The van der Waals surface area contributed by atoms with Crippen molar-refractivity contribution >= 4 is 29.9 Å². The Hall–Kier alpha value is -2.28. The molecule has 0 atom stereocenters. The van der Waals surface area contributed by atoms with Gasteiger partial charge in [-0.15, -0.1) is 24.0 Å². The van der Waals surface area contributed by atoms with Crippen LogP contribution in [0.15, 0.2) is 41.4 Å². The van der Waals surface area contributed by atoms with Gasteiger partial charge in [0.05, 0.1) is 18.2 Å². The second-order valence-electron chi connectivity index (χ2n) is 5.20. The van der Waals surface area contributed by atoms with E-state index in [9.17, 15) is 13.2 Å². The van der Waals surface area contributed by atoms with Crippen LogP contribution in [0.25, 0.3) is 0 Å². The van der Waals surface area contributed by atoms with E-state index in [0.29, 0.717) is 18.1 Å². The average Bonchev–Trinajstić information content (AvgIpc) is 2.60. The van der Waals surface area contributed by atoms with E-state index in [-0.39, 0.29) is 48.2 Å². The number of rotatable bonds is 5. The van der Waals surface area contributed by atoms with Gasteiger partial charge in [-0.3, -0.25) is 0 Å². The molecule has 0 aliphatic rings. The minimum Gasteiger partial charge on any atom is -0.357 e. The molecule has 0 saturated carbocycles. The SMILES string of the molecule is CCNC(=NCc1cc(F)ccc1F)NCc1ccc(C#N)cc1F.I. The fourth-order valence-electron chi connectivity index (χ4n) is 2.11. The molecule has 0 aromatic heterocycles. The van der Waals surface area contributed by atoms with Crippen LogP contribution in [0.4, 0.5) is 13.2 Å². The molecule has 4 nitrogen and oxygen atoms in total. The van der Waals surface area contributed by atoms with Crippen molar-refractivity contribution in [2.45, 2.75) is 20.0 Å². The third-order valence-electron chi connectivity index (χ3n) is 3.39. The third-order valence-corrected chi connectivity index (χ3v) is 3.39. The second kappa shape index (κ2) is 10.7. The topological polar surface area (TPSA) is 60.2 Å². The first-order valence-electron chi connectivity index (χ1n) is 7.68. The van der Waals surface area contributed by atoms with Gasteiger partial charge in [-0.05, 0) is 37.3 Å². The molecular formula is C18H18F3IN4. The summed E-state index contributed by atoms with van der Waals surface area (Å²) in [5.41, 5.74) is 0.728. The molecule has 0 saturated heterocycles. The summed E-state index contributed by atoms with van der Waals surface area (Å²) < 4.78 is 40.7. The highest BCUT2D eigenvalue weighted by molar-refractivity contribution is 14.0. The first kappa shape index (κ1) is 21.8. The molecule has 2 aromatic rings. The van der Waals surface area contributed by atoms with Crippen LogP contribution in [0, 0.1) is 28.8 Å². The van der Waals surface area contributed by atoms with Crippen LogP contribution in [-0.4, -0.2) is 12.5 Å². The fourth-order valence-corrected chi connectivity index (χ4v) is 2.11. The third kappa shape index (κ3) is 6.22. The summed E-state index contributed by atoms with van der Waals surface area (Å²) >= 11 is 0. The van der Waals surface area contributed by atoms with Crippen molar-refractivity contribution in [3.8, 4) is 6.07 Å². The van der Waals surface area contributed by atoms with Gasteiger partial charge in [0.2, 0.25) is 0 Å². The van der Waals surface area contributed by atoms with Gasteiger partial charge in [0, 0.05) is 24.2 Å². The Morgan fingerprint density at radius 1 is 1.04 bits per heavy atom. The number of halogens is 4. The van der Waals surface area contributed by atoms with Crippen molar-refractivity contribution in [3.05, 3.63) is 70.5 Å². The van der Waals surface area contributed by atoms with Crippen molar-refractivity contribution in [3.63, 3.8) is 0 Å². The van der Waals surface area contributed by atoms with Crippen LogP contribution in [0.3, 0.4) is 0 Å². The van der Waals surface area contributed by atoms with Crippen LogP contribution in [0.5, 0.6) is 0 Å². The van der Waals surface area contributed by atoms with E-state index in [4.69, 9.17) is 5.26 Å². The molecule has 138 valence electrons. The first-order valence-corrected chi connectivity index (χ1v) is 7.68. The standard InChI is InChI=1S/C18H17F3N4.HI/c1-2-23-18(25-11-14-8-15(19)5-6-16(14)20)24-10-13-4-3-12(9-22)7-17(13)21;/h3-8H,2,10-11H2,1H3,(H2,23,24,25);1H. The Bertz CT molecular complexity index is 819. The molecule has 2 rings (SSSR count). The quantitative estimate of drug-likeness (QED) is 0.394. The van der Waals surface area contributed by atoms with Crippen molar-refractivity contribution < 1.29 is 13.2 Å². The van der Waals surface area contributed by atoms with Crippen molar-refractivity contribution in [2.75, 3.05) is 6.54 Å². The van der Waals surface area contributed by atoms with Crippen LogP contribution in [0.2, 0.25) is 0 Å². The number of hydrogen-bond donors (Lipinski definition) is 2. The Morgan fingerprint density at radius 2 is 1.81 bits per heavy atom. The zero-order valence-corrected chi connectivity index (χ0v) is 16.4. The number of nitriles is 1. The largest absolute Gasteiger partial charge is 0.357 e. The maximum Gasteiger partial charge on any atom is 0.191 e. The lowest BCUT2D eigenvalue weighted by Gasteiger charge is -2.12. The number of guanidine groups is 1. The zero-order chi connectivity index (χ0) is 18.2. The summed E-state index contributed by atoms with van der Waals surface area (Å²) in [6.07, 6.45) is 0. The van der Waals surface area contributed by atoms with Crippen molar-refractivity contribution in [2.24, 2.45) is 4.99 Å². The van der Waals surface area contributed by atoms with Crippen LogP contribution in [0.1, 0.15) is 23.6 Å². The fraction of sp³-hybridized carbons (Fsp3) is 0.222. The minimum atomic E-state index is -0.542. The van der Waals surface area contributed by atoms with Gasteiger partial charge >= 0.3 is 0 Å². The number of aliphatic imine (C=N–C) groups is 1. The van der Waals surface area contributed by atoms with E-state index in [2.05, 4.69) is 15.6 Å². The van der Waals surface area contributed by atoms with Gasteiger partial charge in [-0.2, -0.15) is 5.26 Å². The normalized spacial score (nSPS) is 10.7. The zero-order valence-electron chi connectivity index (χ0n) is 14.0. The van der Waals surface area contributed by atoms with E-state index in [1.54, 1.807) is 0 Å². The molecule has 0 fully saturated rings. The smallest absolute Gasteiger partial charge is 0.191 e. The summed E-state index contributed by atoms with van der Waals surface area (Å²) in [6, 6.07) is 9.23. The molecule has 26 heavy (non-hydrogen) atoms. The number of nitrogens with zero attached hydrogens (tertiary/aromatic N) is 2. The Kier molecular flexibility index (Phi) is 8.92. The van der Waals surface area contributed by atoms with Gasteiger partial charge in [-0.25, -0.2) is 18.2 Å². The van der Waals surface area contributed by atoms with E-state index in [1.165, 1.54) is 12.1 Å². The monoisotopic (exact) mass is 474 g/mol. The number of nitrogens with one attached hydrogen (secondary N) is 2. The Morgan fingerprint density at radius 3 is 2.46 bits per heavy atom. The first-order chi connectivity index (χ1) is 12.0. The van der Waals surface area contributed by atoms with Gasteiger partial charge in [0.15, 0.2) is 5.96 Å². The van der Waals surface area contributed by atoms with Crippen LogP contribution >= 0.6 is 24.0 Å². The highest BCUT2D eigenvalue weighted by Crippen LogP contribution is 2.11. The Balaban J connectivity index is 0.00000338. The van der Waals surface area contributed by atoms with Gasteiger partial charge in [0.1, 0.15) is 17.5 Å². The summed E-state index contributed by atoms with van der Waals surface area (Å²) in [6.45, 7) is 2.47. The van der Waals surface area contributed by atoms with E-state index in [0.717, 1.165) is 24.3 Å². The lowest BCUT2D eigenvalue weighted by atomic mass is 10.1. The second-order valence-corrected chi connectivity index (χ2v) is 5.20. The Labute approximate surface area is 167 Å². The van der Waals surface area contributed by atoms with Gasteiger partial charge < -0.3 is 10.6 Å².